The van der Waals surface area contributed by atoms with Gasteiger partial charge in [-0.3, -0.25) is 9.59 Å². The Hall–Kier alpha value is -3.51. The van der Waals surface area contributed by atoms with E-state index in [1.807, 2.05) is 55.5 Å². The number of hydrogen-bond donors (Lipinski definition) is 0. The highest BCUT2D eigenvalue weighted by Gasteiger charge is 2.41. The molecule has 2 amide bonds. The Bertz CT molecular complexity index is 1170. The summed E-state index contributed by atoms with van der Waals surface area (Å²) in [6, 6.07) is 23.9. The van der Waals surface area contributed by atoms with Gasteiger partial charge in [-0.15, -0.1) is 0 Å². The number of para-hydroxylation sites is 1. The Morgan fingerprint density at radius 2 is 1.62 bits per heavy atom. The minimum atomic E-state index is -0.384. The third-order valence-corrected chi connectivity index (χ3v) is 6.02. The fourth-order valence-electron chi connectivity index (χ4n) is 3.47. The zero-order valence-corrected chi connectivity index (χ0v) is 18.7. The van der Waals surface area contributed by atoms with Crippen molar-refractivity contribution in [3.63, 3.8) is 0 Å². The summed E-state index contributed by atoms with van der Waals surface area (Å²) >= 11 is 1.28. The third-order valence-electron chi connectivity index (χ3n) is 4.93. The van der Waals surface area contributed by atoms with Gasteiger partial charge in [-0.05, 0) is 36.8 Å². The van der Waals surface area contributed by atoms with Gasteiger partial charge in [0.25, 0.3) is 11.8 Å². The maximum atomic E-state index is 13.6. The van der Waals surface area contributed by atoms with E-state index in [1.54, 1.807) is 37.4 Å². The van der Waals surface area contributed by atoms with Gasteiger partial charge in [-0.1, -0.05) is 61.2 Å². The number of anilines is 1. The molecule has 0 bridgehead atoms. The number of benzene rings is 3. The summed E-state index contributed by atoms with van der Waals surface area (Å²) in [5.41, 5.74) is 1.40. The molecule has 162 valence electrons. The van der Waals surface area contributed by atoms with Crippen molar-refractivity contribution in [2.24, 2.45) is 0 Å². The van der Waals surface area contributed by atoms with Gasteiger partial charge in [0.15, 0.2) is 0 Å². The second kappa shape index (κ2) is 9.75. The molecule has 0 aliphatic carbocycles. The van der Waals surface area contributed by atoms with Gasteiger partial charge < -0.3 is 9.47 Å². The van der Waals surface area contributed by atoms with Crippen molar-refractivity contribution in [1.82, 2.24) is 0 Å². The van der Waals surface area contributed by atoms with E-state index in [0.717, 1.165) is 11.3 Å². The second-order valence-electron chi connectivity index (χ2n) is 7.11. The molecule has 1 aliphatic rings. The van der Waals surface area contributed by atoms with Crippen LogP contribution in [0.1, 0.15) is 18.9 Å². The molecule has 0 saturated heterocycles. The SMILES string of the molecule is CCCOc1cccc(N2C(=O)C(Sc3ccccc3)=C(c3ccccc3OC)C2=O)c1. The molecule has 5 nitrogen and oxygen atoms in total. The van der Waals surface area contributed by atoms with Crippen LogP contribution in [-0.4, -0.2) is 25.5 Å². The molecule has 1 heterocycles. The van der Waals surface area contributed by atoms with E-state index in [1.165, 1.54) is 16.7 Å². The lowest BCUT2D eigenvalue weighted by molar-refractivity contribution is -0.119. The molecular formula is C26H23NO4S. The summed E-state index contributed by atoms with van der Waals surface area (Å²) in [6.07, 6.45) is 0.864. The first kappa shape index (κ1) is 21.7. The lowest BCUT2D eigenvalue weighted by atomic mass is 10.0. The zero-order chi connectivity index (χ0) is 22.5. The maximum Gasteiger partial charge on any atom is 0.272 e. The summed E-state index contributed by atoms with van der Waals surface area (Å²) in [5.74, 6) is 0.410. The van der Waals surface area contributed by atoms with Crippen molar-refractivity contribution in [2.45, 2.75) is 18.2 Å². The molecule has 0 spiro atoms. The molecule has 0 N–H and O–H groups in total. The number of rotatable bonds is 8. The minimum Gasteiger partial charge on any atom is -0.496 e. The molecule has 0 aromatic heterocycles. The van der Waals surface area contributed by atoms with Gasteiger partial charge >= 0.3 is 0 Å². The highest BCUT2D eigenvalue weighted by Crippen LogP contribution is 2.43. The number of ether oxygens (including phenoxy) is 2. The van der Waals surface area contributed by atoms with Gasteiger partial charge in [-0.25, -0.2) is 4.90 Å². The first-order chi connectivity index (χ1) is 15.6. The molecule has 1 aliphatic heterocycles. The molecule has 6 heteroatoms. The van der Waals surface area contributed by atoms with Crippen LogP contribution in [0.3, 0.4) is 0 Å². The van der Waals surface area contributed by atoms with Crippen molar-refractivity contribution < 1.29 is 19.1 Å². The summed E-state index contributed by atoms with van der Waals surface area (Å²) < 4.78 is 11.2. The van der Waals surface area contributed by atoms with Crippen LogP contribution in [0.2, 0.25) is 0 Å². The van der Waals surface area contributed by atoms with Crippen LogP contribution >= 0.6 is 11.8 Å². The quantitative estimate of drug-likeness (QED) is 0.425. The van der Waals surface area contributed by atoms with Crippen molar-refractivity contribution in [3.8, 4) is 11.5 Å². The lowest BCUT2D eigenvalue weighted by Crippen LogP contribution is -2.31. The third kappa shape index (κ3) is 4.27. The van der Waals surface area contributed by atoms with E-state index in [0.29, 0.717) is 39.8 Å². The largest absolute Gasteiger partial charge is 0.496 e. The number of methoxy groups -OCH3 is 1. The van der Waals surface area contributed by atoms with Crippen LogP contribution in [0, 0.1) is 0 Å². The average molecular weight is 446 g/mol. The van der Waals surface area contributed by atoms with E-state index < -0.39 is 0 Å². The molecule has 0 saturated carbocycles. The number of carbonyl (C=O) groups excluding carboxylic acids is 2. The van der Waals surface area contributed by atoms with Gasteiger partial charge in [0.05, 0.1) is 29.9 Å². The van der Waals surface area contributed by atoms with Crippen LogP contribution < -0.4 is 14.4 Å². The first-order valence-electron chi connectivity index (χ1n) is 10.4. The molecule has 3 aromatic carbocycles. The summed E-state index contributed by atoms with van der Waals surface area (Å²) in [4.78, 5) is 29.7. The van der Waals surface area contributed by atoms with E-state index in [9.17, 15) is 9.59 Å². The topological polar surface area (TPSA) is 55.8 Å². The molecule has 0 atom stereocenters. The monoisotopic (exact) mass is 445 g/mol. The van der Waals surface area contributed by atoms with Crippen LogP contribution in [0.4, 0.5) is 5.69 Å². The predicted octanol–water partition coefficient (Wildman–Crippen LogP) is 5.56. The molecule has 32 heavy (non-hydrogen) atoms. The summed E-state index contributed by atoms with van der Waals surface area (Å²) in [7, 11) is 1.55. The molecule has 4 rings (SSSR count). The Labute approximate surface area is 191 Å². The predicted molar refractivity (Wildman–Crippen MR) is 127 cm³/mol. The van der Waals surface area contributed by atoms with E-state index in [4.69, 9.17) is 9.47 Å². The van der Waals surface area contributed by atoms with Crippen molar-refractivity contribution in [3.05, 3.63) is 89.3 Å². The van der Waals surface area contributed by atoms with Crippen LogP contribution in [0.15, 0.2) is 88.7 Å². The molecular weight excluding hydrogens is 422 g/mol. The Morgan fingerprint density at radius 1 is 0.875 bits per heavy atom. The van der Waals surface area contributed by atoms with Crippen molar-refractivity contribution in [1.29, 1.82) is 0 Å². The number of nitrogens with zero attached hydrogens (tertiary/aromatic N) is 1. The smallest absolute Gasteiger partial charge is 0.272 e. The van der Waals surface area contributed by atoms with E-state index in [2.05, 4.69) is 0 Å². The number of carbonyl (C=O) groups is 2. The van der Waals surface area contributed by atoms with E-state index >= 15 is 0 Å². The number of thioether (sulfide) groups is 1. The van der Waals surface area contributed by atoms with Gasteiger partial charge in [0.2, 0.25) is 0 Å². The molecule has 0 fully saturated rings. The number of amides is 2. The standard InChI is InChI=1S/C26H23NO4S/c1-3-16-31-19-11-9-10-18(17-19)27-25(28)23(21-14-7-8-15-22(21)30-2)24(26(27)29)32-20-12-5-4-6-13-20/h4-15,17H,3,16H2,1-2H3. The first-order valence-corrected chi connectivity index (χ1v) is 11.2. The average Bonchev–Trinajstić information content (AvgIpc) is 3.07. The van der Waals surface area contributed by atoms with Gasteiger partial charge in [0.1, 0.15) is 11.5 Å². The molecule has 0 radical (unpaired) electrons. The molecule has 0 unspecified atom stereocenters. The zero-order valence-electron chi connectivity index (χ0n) is 17.9. The van der Waals surface area contributed by atoms with Crippen molar-refractivity contribution >= 4 is 34.8 Å². The van der Waals surface area contributed by atoms with Crippen molar-refractivity contribution in [2.75, 3.05) is 18.6 Å². The number of imide groups is 1. The second-order valence-corrected chi connectivity index (χ2v) is 8.19. The van der Waals surface area contributed by atoms with Crippen LogP contribution in [-0.2, 0) is 9.59 Å². The van der Waals surface area contributed by atoms with Crippen LogP contribution in [0.25, 0.3) is 5.57 Å². The van der Waals surface area contributed by atoms with Crippen LogP contribution in [0.5, 0.6) is 11.5 Å². The number of hydrogen-bond acceptors (Lipinski definition) is 5. The highest BCUT2D eigenvalue weighted by molar-refractivity contribution is 8.04. The summed E-state index contributed by atoms with van der Waals surface area (Å²) in [6.45, 7) is 2.58. The fourth-order valence-corrected chi connectivity index (χ4v) is 4.47. The fraction of sp³-hybridized carbons (Fsp3) is 0.154. The lowest BCUT2D eigenvalue weighted by Gasteiger charge is -2.17. The van der Waals surface area contributed by atoms with Gasteiger partial charge in [-0.2, -0.15) is 0 Å². The Morgan fingerprint density at radius 3 is 2.38 bits per heavy atom. The Kier molecular flexibility index (Phi) is 6.61. The summed E-state index contributed by atoms with van der Waals surface area (Å²) in [5, 5.41) is 0. The Balaban J connectivity index is 1.80. The normalized spacial score (nSPS) is 13.6. The molecule has 3 aromatic rings. The maximum absolute atomic E-state index is 13.6. The van der Waals surface area contributed by atoms with E-state index in [-0.39, 0.29) is 11.8 Å². The highest BCUT2D eigenvalue weighted by atomic mass is 32.2. The van der Waals surface area contributed by atoms with Gasteiger partial charge in [0, 0.05) is 16.5 Å². The minimum absolute atomic E-state index is 0.334.